The fraction of sp³-hybridized carbons (Fsp3) is 0.250. The summed E-state index contributed by atoms with van der Waals surface area (Å²) in [5, 5.41) is 9.54. The van der Waals surface area contributed by atoms with Gasteiger partial charge in [-0.2, -0.15) is 5.10 Å². The molecule has 28 heavy (non-hydrogen) atoms. The summed E-state index contributed by atoms with van der Waals surface area (Å²) >= 11 is 0. The van der Waals surface area contributed by atoms with Gasteiger partial charge in [0.05, 0.1) is 14.2 Å². The summed E-state index contributed by atoms with van der Waals surface area (Å²) in [4.78, 5) is 0. The van der Waals surface area contributed by atoms with Crippen LogP contribution in [0, 0.1) is 0 Å². The number of ether oxygens (including phenoxy) is 2. The Bertz CT molecular complexity index is 1060. The van der Waals surface area contributed by atoms with E-state index >= 15 is 0 Å². The van der Waals surface area contributed by atoms with Gasteiger partial charge < -0.3 is 9.47 Å². The Hall–Kier alpha value is -2.84. The number of hydrogen-bond acceptors (Lipinski definition) is 5. The Labute approximate surface area is 164 Å². The van der Waals surface area contributed by atoms with Crippen molar-refractivity contribution in [1.29, 1.82) is 0 Å². The Morgan fingerprint density at radius 1 is 0.893 bits per heavy atom. The summed E-state index contributed by atoms with van der Waals surface area (Å²) in [6, 6.07) is 15.1. The van der Waals surface area contributed by atoms with Crippen LogP contribution < -0.4 is 14.6 Å². The standard InChI is InChI=1S/C20H23N3O4S/c1-23-19(13-15-6-10-17(27-3)11-7-15)18(20(22-23)28(21,24)25)12-14-4-8-16(26-2)9-5-14/h4-11H,12-13H2,1-3H3,(H2,21,24,25). The maximum absolute atomic E-state index is 12.1. The minimum Gasteiger partial charge on any atom is -0.497 e. The highest BCUT2D eigenvalue weighted by Gasteiger charge is 2.24. The molecule has 0 aliphatic rings. The minimum atomic E-state index is -3.95. The summed E-state index contributed by atoms with van der Waals surface area (Å²) in [5.74, 6) is 1.50. The van der Waals surface area contributed by atoms with Crippen LogP contribution in [-0.4, -0.2) is 32.4 Å². The summed E-state index contributed by atoms with van der Waals surface area (Å²) in [6.45, 7) is 0. The van der Waals surface area contributed by atoms with E-state index in [1.165, 1.54) is 0 Å². The molecular weight excluding hydrogens is 378 g/mol. The molecule has 0 saturated heterocycles. The molecule has 0 aliphatic carbocycles. The van der Waals surface area contributed by atoms with E-state index in [1.807, 2.05) is 48.5 Å². The van der Waals surface area contributed by atoms with Crippen LogP contribution in [-0.2, 0) is 29.9 Å². The number of nitrogens with two attached hydrogens (primary N) is 1. The maximum Gasteiger partial charge on any atom is 0.257 e. The predicted octanol–water partition coefficient (Wildman–Crippen LogP) is 2.27. The van der Waals surface area contributed by atoms with Crippen molar-refractivity contribution in [3.63, 3.8) is 0 Å². The Balaban J connectivity index is 2.01. The normalized spacial score (nSPS) is 11.4. The largest absolute Gasteiger partial charge is 0.497 e. The number of sulfonamides is 1. The third-order valence-electron chi connectivity index (χ3n) is 4.58. The third kappa shape index (κ3) is 4.35. The van der Waals surface area contributed by atoms with E-state index in [2.05, 4.69) is 5.10 Å². The first-order valence-corrected chi connectivity index (χ1v) is 10.2. The monoisotopic (exact) mass is 401 g/mol. The number of hydrogen-bond donors (Lipinski definition) is 1. The first-order chi connectivity index (χ1) is 13.3. The molecule has 3 aromatic rings. The Morgan fingerprint density at radius 2 is 1.36 bits per heavy atom. The number of nitrogens with zero attached hydrogens (tertiary/aromatic N) is 2. The Morgan fingerprint density at radius 3 is 1.79 bits per heavy atom. The zero-order valence-corrected chi connectivity index (χ0v) is 16.9. The van der Waals surface area contributed by atoms with Crippen molar-refractivity contribution in [2.45, 2.75) is 17.9 Å². The van der Waals surface area contributed by atoms with E-state index in [0.717, 1.165) is 28.3 Å². The molecule has 0 radical (unpaired) electrons. The van der Waals surface area contributed by atoms with Gasteiger partial charge in [-0.1, -0.05) is 24.3 Å². The lowest BCUT2D eigenvalue weighted by Gasteiger charge is -2.09. The first kappa shape index (κ1) is 19.9. The van der Waals surface area contributed by atoms with Gasteiger partial charge in [0.1, 0.15) is 11.5 Å². The molecule has 0 spiro atoms. The van der Waals surface area contributed by atoms with E-state index in [0.29, 0.717) is 18.4 Å². The Kier molecular flexibility index (Phi) is 5.71. The molecule has 0 atom stereocenters. The molecule has 2 aromatic carbocycles. The summed E-state index contributed by atoms with van der Waals surface area (Å²) in [7, 11) is 0.992. The zero-order valence-electron chi connectivity index (χ0n) is 16.0. The topological polar surface area (TPSA) is 96.4 Å². The second-order valence-corrected chi connectivity index (χ2v) is 7.93. The lowest BCUT2D eigenvalue weighted by atomic mass is 10.0. The average Bonchev–Trinajstić information content (AvgIpc) is 2.99. The molecule has 0 saturated carbocycles. The van der Waals surface area contributed by atoms with Gasteiger partial charge in [0.25, 0.3) is 10.0 Å². The highest BCUT2D eigenvalue weighted by atomic mass is 32.2. The van der Waals surface area contributed by atoms with Gasteiger partial charge in [0, 0.05) is 31.1 Å². The second-order valence-electron chi connectivity index (χ2n) is 6.45. The van der Waals surface area contributed by atoms with Crippen LogP contribution in [0.15, 0.2) is 53.6 Å². The van der Waals surface area contributed by atoms with Gasteiger partial charge in [-0.25, -0.2) is 13.6 Å². The quantitative estimate of drug-likeness (QED) is 0.655. The van der Waals surface area contributed by atoms with E-state index in [4.69, 9.17) is 14.6 Å². The molecule has 7 nitrogen and oxygen atoms in total. The molecule has 0 aliphatic heterocycles. The van der Waals surface area contributed by atoms with Gasteiger partial charge in [0.2, 0.25) is 0 Å². The van der Waals surface area contributed by atoms with E-state index in [9.17, 15) is 8.42 Å². The van der Waals surface area contributed by atoms with Crippen LogP contribution in [0.25, 0.3) is 0 Å². The number of benzene rings is 2. The van der Waals surface area contributed by atoms with Crippen LogP contribution >= 0.6 is 0 Å². The number of aryl methyl sites for hydroxylation is 1. The number of rotatable bonds is 7. The molecule has 0 fully saturated rings. The lowest BCUT2D eigenvalue weighted by molar-refractivity contribution is 0.414. The van der Waals surface area contributed by atoms with Crippen LogP contribution in [0.3, 0.4) is 0 Å². The smallest absolute Gasteiger partial charge is 0.257 e. The van der Waals surface area contributed by atoms with Crippen LogP contribution in [0.4, 0.5) is 0 Å². The highest BCUT2D eigenvalue weighted by molar-refractivity contribution is 7.89. The van der Waals surface area contributed by atoms with E-state index in [1.54, 1.807) is 25.9 Å². The van der Waals surface area contributed by atoms with Gasteiger partial charge in [-0.15, -0.1) is 0 Å². The average molecular weight is 401 g/mol. The number of primary sulfonamides is 1. The van der Waals surface area contributed by atoms with Crippen LogP contribution in [0.1, 0.15) is 22.4 Å². The zero-order chi connectivity index (χ0) is 20.3. The van der Waals surface area contributed by atoms with Crippen molar-refractivity contribution in [1.82, 2.24) is 9.78 Å². The maximum atomic E-state index is 12.1. The molecule has 0 unspecified atom stereocenters. The fourth-order valence-electron chi connectivity index (χ4n) is 3.09. The van der Waals surface area contributed by atoms with Crippen molar-refractivity contribution >= 4 is 10.0 Å². The second kappa shape index (κ2) is 8.04. The molecular formula is C20H23N3O4S. The highest BCUT2D eigenvalue weighted by Crippen LogP contribution is 2.25. The molecule has 8 heteroatoms. The molecule has 1 heterocycles. The van der Waals surface area contributed by atoms with Gasteiger partial charge in [0.15, 0.2) is 5.03 Å². The van der Waals surface area contributed by atoms with Gasteiger partial charge in [-0.3, -0.25) is 4.68 Å². The molecule has 3 rings (SSSR count). The fourth-order valence-corrected chi connectivity index (χ4v) is 3.86. The van der Waals surface area contributed by atoms with E-state index < -0.39 is 10.0 Å². The molecule has 0 bridgehead atoms. The number of aromatic nitrogens is 2. The molecule has 0 amide bonds. The summed E-state index contributed by atoms with van der Waals surface area (Å²) in [5.41, 5.74) is 3.35. The van der Waals surface area contributed by atoms with Crippen molar-refractivity contribution in [2.75, 3.05) is 14.2 Å². The van der Waals surface area contributed by atoms with Gasteiger partial charge >= 0.3 is 0 Å². The van der Waals surface area contributed by atoms with E-state index in [-0.39, 0.29) is 5.03 Å². The SMILES string of the molecule is COc1ccc(Cc2c(S(N)(=O)=O)nn(C)c2Cc2ccc(OC)cc2)cc1. The lowest BCUT2D eigenvalue weighted by Crippen LogP contribution is -2.15. The van der Waals surface area contributed by atoms with Crippen molar-refractivity contribution in [2.24, 2.45) is 12.2 Å². The molecule has 148 valence electrons. The summed E-state index contributed by atoms with van der Waals surface area (Å²) in [6.07, 6.45) is 0.920. The van der Waals surface area contributed by atoms with Crippen LogP contribution in [0.2, 0.25) is 0 Å². The van der Waals surface area contributed by atoms with Crippen molar-refractivity contribution < 1.29 is 17.9 Å². The predicted molar refractivity (Wildman–Crippen MR) is 106 cm³/mol. The first-order valence-electron chi connectivity index (χ1n) is 8.65. The third-order valence-corrected chi connectivity index (χ3v) is 5.45. The van der Waals surface area contributed by atoms with Crippen LogP contribution in [0.5, 0.6) is 11.5 Å². The molecule has 2 N–H and O–H groups in total. The minimum absolute atomic E-state index is 0.0886. The summed E-state index contributed by atoms with van der Waals surface area (Å²) < 4.78 is 36.2. The van der Waals surface area contributed by atoms with Crippen molar-refractivity contribution in [3.05, 3.63) is 70.9 Å². The van der Waals surface area contributed by atoms with Gasteiger partial charge in [-0.05, 0) is 35.4 Å². The van der Waals surface area contributed by atoms with Crippen molar-refractivity contribution in [3.8, 4) is 11.5 Å². The molecule has 1 aromatic heterocycles. The number of methoxy groups -OCH3 is 2.